The third-order valence-corrected chi connectivity index (χ3v) is 7.38. The Labute approximate surface area is 222 Å². The molecule has 3 aromatic carbocycles. The average Bonchev–Trinajstić information content (AvgIpc) is 3.29. The molecule has 6 nitrogen and oxygen atoms in total. The quantitative estimate of drug-likeness (QED) is 0.239. The van der Waals surface area contributed by atoms with Gasteiger partial charge in [-0.1, -0.05) is 82.3 Å². The molecular weight excluding hydrogens is 536 g/mol. The molecule has 1 N–H and O–H groups in total. The van der Waals surface area contributed by atoms with Gasteiger partial charge in [0.15, 0.2) is 5.78 Å². The Morgan fingerprint density at radius 3 is 2.44 bits per heavy atom. The number of anilines is 1. The second-order valence-corrected chi connectivity index (χ2v) is 10.4. The highest BCUT2D eigenvalue weighted by atomic mass is 79.9. The van der Waals surface area contributed by atoms with Crippen molar-refractivity contribution >= 4 is 39.4 Å². The van der Waals surface area contributed by atoms with E-state index in [0.29, 0.717) is 23.3 Å². The lowest BCUT2D eigenvalue weighted by atomic mass is 9.93. The number of halogens is 1. The van der Waals surface area contributed by atoms with Crippen molar-refractivity contribution in [2.75, 3.05) is 5.32 Å². The van der Waals surface area contributed by atoms with Crippen molar-refractivity contribution < 1.29 is 9.53 Å². The lowest BCUT2D eigenvalue weighted by molar-refractivity contribution is -0.114. The number of rotatable bonds is 8. The van der Waals surface area contributed by atoms with Gasteiger partial charge < -0.3 is 10.1 Å². The summed E-state index contributed by atoms with van der Waals surface area (Å²) in [4.78, 5) is 17.4. The summed E-state index contributed by atoms with van der Waals surface area (Å²) in [6.07, 6.45) is 0. The molecule has 0 saturated carbocycles. The smallest absolute Gasteiger partial charge is 0.227 e. The SMILES string of the molecule is CC(=O)C1=C(C)Nc2nc(SCc3ccccc3)nn2C1c1ccc(OCc2ccc(Br)cc2)cc1. The van der Waals surface area contributed by atoms with Crippen LogP contribution < -0.4 is 10.1 Å². The predicted octanol–water partition coefficient (Wildman–Crippen LogP) is 6.79. The highest BCUT2D eigenvalue weighted by Crippen LogP contribution is 2.37. The fourth-order valence-electron chi connectivity index (χ4n) is 4.17. The van der Waals surface area contributed by atoms with E-state index in [1.165, 1.54) is 5.56 Å². The minimum atomic E-state index is -0.363. The van der Waals surface area contributed by atoms with Gasteiger partial charge in [0.2, 0.25) is 11.1 Å². The number of ether oxygens (including phenoxy) is 1. The summed E-state index contributed by atoms with van der Waals surface area (Å²) in [5.74, 6) is 2.16. The van der Waals surface area contributed by atoms with Gasteiger partial charge in [-0.15, -0.1) is 5.10 Å². The lowest BCUT2D eigenvalue weighted by Gasteiger charge is -2.28. The van der Waals surface area contributed by atoms with E-state index in [-0.39, 0.29) is 11.8 Å². The van der Waals surface area contributed by atoms with E-state index in [1.54, 1.807) is 18.7 Å². The second kappa shape index (κ2) is 10.7. The fourth-order valence-corrected chi connectivity index (χ4v) is 5.22. The Kier molecular flexibility index (Phi) is 7.25. The van der Waals surface area contributed by atoms with Crippen LogP contribution in [-0.2, 0) is 17.2 Å². The second-order valence-electron chi connectivity index (χ2n) is 8.54. The first-order valence-electron chi connectivity index (χ1n) is 11.6. The summed E-state index contributed by atoms with van der Waals surface area (Å²) in [6, 6.07) is 25.8. The molecule has 0 amide bonds. The number of hydrogen-bond donors (Lipinski definition) is 1. The van der Waals surface area contributed by atoms with Crippen LogP contribution >= 0.6 is 27.7 Å². The molecule has 4 aromatic rings. The maximum atomic E-state index is 12.7. The number of carbonyl (C=O) groups is 1. The van der Waals surface area contributed by atoms with Crippen LogP contribution in [0.2, 0.25) is 0 Å². The Balaban J connectivity index is 1.38. The molecule has 0 fully saturated rings. The number of aromatic nitrogens is 3. The number of nitrogens with zero attached hydrogens (tertiary/aromatic N) is 3. The first-order valence-corrected chi connectivity index (χ1v) is 13.3. The van der Waals surface area contributed by atoms with Crippen molar-refractivity contribution in [1.82, 2.24) is 14.8 Å². The minimum absolute atomic E-state index is 0.000188. The molecule has 8 heteroatoms. The summed E-state index contributed by atoms with van der Waals surface area (Å²) in [6.45, 7) is 3.98. The molecule has 1 aromatic heterocycles. The number of carbonyl (C=O) groups excluding carboxylic acids is 1. The number of benzene rings is 3. The van der Waals surface area contributed by atoms with Gasteiger partial charge in [0.05, 0.1) is 0 Å². The number of Topliss-reactive ketones (excluding diaryl/α,β-unsaturated/α-hetero) is 1. The van der Waals surface area contributed by atoms with Gasteiger partial charge in [0, 0.05) is 21.5 Å². The zero-order valence-electron chi connectivity index (χ0n) is 19.9. The molecule has 0 radical (unpaired) electrons. The van der Waals surface area contributed by atoms with E-state index < -0.39 is 0 Å². The van der Waals surface area contributed by atoms with Crippen molar-refractivity contribution in [1.29, 1.82) is 0 Å². The normalized spacial score (nSPS) is 14.8. The molecule has 0 spiro atoms. The molecule has 0 bridgehead atoms. The number of hydrogen-bond acceptors (Lipinski definition) is 6. The molecule has 1 atom stereocenters. The van der Waals surface area contributed by atoms with Gasteiger partial charge >= 0.3 is 0 Å². The van der Waals surface area contributed by atoms with Crippen molar-refractivity contribution in [3.05, 3.63) is 111 Å². The van der Waals surface area contributed by atoms with E-state index in [0.717, 1.165) is 32.8 Å². The zero-order chi connectivity index (χ0) is 25.1. The van der Waals surface area contributed by atoms with Crippen molar-refractivity contribution in [3.8, 4) is 5.75 Å². The molecular formula is C28H25BrN4O2S. The summed E-state index contributed by atoms with van der Waals surface area (Å²) < 4.78 is 8.83. The maximum Gasteiger partial charge on any atom is 0.227 e. The first-order chi connectivity index (χ1) is 17.5. The van der Waals surface area contributed by atoms with E-state index in [9.17, 15) is 4.79 Å². The molecule has 1 unspecified atom stereocenters. The molecule has 1 aliphatic heterocycles. The van der Waals surface area contributed by atoms with E-state index in [4.69, 9.17) is 14.8 Å². The van der Waals surface area contributed by atoms with Crippen molar-refractivity contribution in [2.45, 2.75) is 37.4 Å². The summed E-state index contributed by atoms with van der Waals surface area (Å²) >= 11 is 5.03. The van der Waals surface area contributed by atoms with Crippen LogP contribution in [0.25, 0.3) is 0 Å². The lowest BCUT2D eigenvalue weighted by Crippen LogP contribution is -2.27. The van der Waals surface area contributed by atoms with Gasteiger partial charge in [0.25, 0.3) is 0 Å². The van der Waals surface area contributed by atoms with Crippen LogP contribution in [0.4, 0.5) is 5.95 Å². The maximum absolute atomic E-state index is 12.7. The van der Waals surface area contributed by atoms with Gasteiger partial charge in [-0.25, -0.2) is 4.68 Å². The number of nitrogens with one attached hydrogen (secondary N) is 1. The van der Waals surface area contributed by atoms with Crippen LogP contribution in [-0.4, -0.2) is 20.5 Å². The molecule has 0 saturated heterocycles. The first kappa shape index (κ1) is 24.3. The standard InChI is InChI=1S/C28H25BrN4O2S/c1-18-25(19(2)34)26(22-10-14-24(15-11-22)35-16-20-8-12-23(29)13-9-20)33-27(30-18)31-28(32-33)36-17-21-6-4-3-5-7-21/h3-15,26H,16-17H2,1-2H3,(H,30,31,32). The number of ketones is 1. The molecule has 182 valence electrons. The summed E-state index contributed by atoms with van der Waals surface area (Å²) in [5, 5.41) is 8.72. The van der Waals surface area contributed by atoms with Crippen LogP contribution in [0, 0.1) is 0 Å². The van der Waals surface area contributed by atoms with E-state index >= 15 is 0 Å². The Hall–Kier alpha value is -3.36. The molecule has 5 rings (SSSR count). The van der Waals surface area contributed by atoms with E-state index in [1.807, 2.05) is 78.3 Å². The third-order valence-electron chi connectivity index (χ3n) is 5.94. The number of fused-ring (bicyclic) bond motifs is 1. The molecule has 1 aliphatic rings. The summed E-state index contributed by atoms with van der Waals surface area (Å²) in [5.41, 5.74) is 4.71. The van der Waals surface area contributed by atoms with Crippen LogP contribution in [0.5, 0.6) is 5.75 Å². The Morgan fingerprint density at radius 1 is 1.03 bits per heavy atom. The predicted molar refractivity (Wildman–Crippen MR) is 146 cm³/mol. The number of allylic oxidation sites excluding steroid dienone is 2. The van der Waals surface area contributed by atoms with E-state index in [2.05, 4.69) is 33.4 Å². The monoisotopic (exact) mass is 560 g/mol. The number of thioether (sulfide) groups is 1. The highest BCUT2D eigenvalue weighted by molar-refractivity contribution is 9.10. The third kappa shape index (κ3) is 5.39. The topological polar surface area (TPSA) is 69.0 Å². The zero-order valence-corrected chi connectivity index (χ0v) is 22.3. The molecule has 2 heterocycles. The fraction of sp³-hybridized carbons (Fsp3) is 0.179. The largest absolute Gasteiger partial charge is 0.489 e. The summed E-state index contributed by atoms with van der Waals surface area (Å²) in [7, 11) is 0. The Bertz CT molecular complexity index is 1400. The van der Waals surface area contributed by atoms with Gasteiger partial charge in [-0.3, -0.25) is 4.79 Å². The Morgan fingerprint density at radius 2 is 1.75 bits per heavy atom. The van der Waals surface area contributed by atoms with Crippen molar-refractivity contribution in [3.63, 3.8) is 0 Å². The van der Waals surface area contributed by atoms with Gasteiger partial charge in [-0.2, -0.15) is 4.98 Å². The van der Waals surface area contributed by atoms with Gasteiger partial charge in [0.1, 0.15) is 18.4 Å². The van der Waals surface area contributed by atoms with Crippen LogP contribution in [0.1, 0.15) is 36.6 Å². The average molecular weight is 562 g/mol. The minimum Gasteiger partial charge on any atom is -0.489 e. The highest BCUT2D eigenvalue weighted by Gasteiger charge is 2.32. The molecule has 0 aliphatic carbocycles. The van der Waals surface area contributed by atoms with Gasteiger partial charge in [-0.05, 0) is 54.8 Å². The molecule has 36 heavy (non-hydrogen) atoms. The van der Waals surface area contributed by atoms with Crippen LogP contribution in [0.15, 0.2) is 99.8 Å². The van der Waals surface area contributed by atoms with Crippen LogP contribution in [0.3, 0.4) is 0 Å². The van der Waals surface area contributed by atoms with Crippen molar-refractivity contribution in [2.24, 2.45) is 0 Å².